The quantitative estimate of drug-likeness (QED) is 0.717. The minimum absolute atomic E-state index is 0.118. The normalized spacial score (nSPS) is 27.8. The molecule has 2 fully saturated rings. The van der Waals surface area contributed by atoms with E-state index in [4.69, 9.17) is 0 Å². The number of anilines is 1. The van der Waals surface area contributed by atoms with E-state index in [0.717, 1.165) is 15.9 Å². The van der Waals surface area contributed by atoms with Gasteiger partial charge >= 0.3 is 0 Å². The van der Waals surface area contributed by atoms with Crippen LogP contribution in [0.3, 0.4) is 0 Å². The number of rotatable bonds is 6. The smallest absolute Gasteiger partial charge is 0.230 e. The first-order chi connectivity index (χ1) is 12.1. The van der Waals surface area contributed by atoms with Crippen molar-refractivity contribution in [3.63, 3.8) is 0 Å². The van der Waals surface area contributed by atoms with Crippen LogP contribution in [0.15, 0.2) is 4.34 Å². The fourth-order valence-electron chi connectivity index (χ4n) is 3.91. The van der Waals surface area contributed by atoms with Crippen molar-refractivity contribution >= 4 is 34.1 Å². The van der Waals surface area contributed by atoms with Gasteiger partial charge in [0, 0.05) is 12.1 Å². The maximum Gasteiger partial charge on any atom is 0.230 e. The minimum Gasteiger partial charge on any atom is -0.357 e. The summed E-state index contributed by atoms with van der Waals surface area (Å²) >= 11 is 3.06. The van der Waals surface area contributed by atoms with Crippen LogP contribution in [-0.2, 0) is 4.79 Å². The summed E-state index contributed by atoms with van der Waals surface area (Å²) in [6.45, 7) is 4.55. The Morgan fingerprint density at radius 2 is 1.92 bits per heavy atom. The number of thioether (sulfide) groups is 1. The highest BCUT2D eigenvalue weighted by Gasteiger charge is 2.28. The maximum atomic E-state index is 12.3. The van der Waals surface area contributed by atoms with Crippen LogP contribution in [0.25, 0.3) is 0 Å². The van der Waals surface area contributed by atoms with E-state index in [2.05, 4.69) is 34.7 Å². The summed E-state index contributed by atoms with van der Waals surface area (Å²) in [7, 11) is 0. The van der Waals surface area contributed by atoms with Gasteiger partial charge in [0.05, 0.1) is 5.75 Å². The molecule has 2 aliphatic rings. The molecule has 0 bridgehead atoms. The average Bonchev–Trinajstić information content (AvgIpc) is 3.05. The van der Waals surface area contributed by atoms with Crippen LogP contribution in [0.5, 0.6) is 0 Å². The van der Waals surface area contributed by atoms with E-state index >= 15 is 0 Å². The van der Waals surface area contributed by atoms with Crippen molar-refractivity contribution in [1.29, 1.82) is 0 Å². The Balaban J connectivity index is 1.41. The summed E-state index contributed by atoms with van der Waals surface area (Å²) < 4.78 is 0.874. The molecule has 2 aliphatic carbocycles. The Hall–Kier alpha value is -0.820. The molecule has 3 unspecified atom stereocenters. The van der Waals surface area contributed by atoms with Crippen LogP contribution < -0.4 is 10.6 Å². The Morgan fingerprint density at radius 3 is 2.72 bits per heavy atom. The highest BCUT2D eigenvalue weighted by Crippen LogP contribution is 2.30. The van der Waals surface area contributed by atoms with Crippen molar-refractivity contribution in [2.24, 2.45) is 11.8 Å². The predicted octanol–water partition coefficient (Wildman–Crippen LogP) is 4.32. The Kier molecular flexibility index (Phi) is 6.99. The first-order valence-electron chi connectivity index (χ1n) is 9.64. The molecule has 140 valence electrons. The number of hydrogen-bond acceptors (Lipinski definition) is 6. The van der Waals surface area contributed by atoms with Gasteiger partial charge in [0.1, 0.15) is 0 Å². The predicted molar refractivity (Wildman–Crippen MR) is 105 cm³/mol. The maximum absolute atomic E-state index is 12.3. The van der Waals surface area contributed by atoms with Gasteiger partial charge in [-0.2, -0.15) is 0 Å². The lowest BCUT2D eigenvalue weighted by Gasteiger charge is -2.34. The molecule has 25 heavy (non-hydrogen) atoms. The van der Waals surface area contributed by atoms with Gasteiger partial charge in [0.15, 0.2) is 4.34 Å². The van der Waals surface area contributed by atoms with Crippen LogP contribution in [0, 0.1) is 11.8 Å². The molecule has 3 rings (SSSR count). The van der Waals surface area contributed by atoms with E-state index in [1.165, 1.54) is 56.7 Å². The Bertz CT molecular complexity index is 559. The largest absolute Gasteiger partial charge is 0.357 e. The summed E-state index contributed by atoms with van der Waals surface area (Å²) in [6.07, 6.45) is 10.0. The molecule has 1 amide bonds. The third-order valence-electron chi connectivity index (χ3n) is 5.72. The second-order valence-corrected chi connectivity index (χ2v) is 9.78. The SMILES string of the molecule is CC1CCCC(NC(=O)CSc2nnc(NC3CCCCC3)s2)C1C. The zero-order chi connectivity index (χ0) is 17.6. The molecule has 0 saturated heterocycles. The molecule has 2 N–H and O–H groups in total. The van der Waals surface area contributed by atoms with E-state index in [1.807, 2.05) is 0 Å². The lowest BCUT2D eigenvalue weighted by Crippen LogP contribution is -2.44. The van der Waals surface area contributed by atoms with E-state index < -0.39 is 0 Å². The van der Waals surface area contributed by atoms with Crippen LogP contribution in [0.1, 0.15) is 65.2 Å². The number of hydrogen-bond donors (Lipinski definition) is 2. The van der Waals surface area contributed by atoms with Crippen LogP contribution in [0.2, 0.25) is 0 Å². The summed E-state index contributed by atoms with van der Waals surface area (Å²) in [5.74, 6) is 1.81. The molecule has 2 saturated carbocycles. The Labute approximate surface area is 159 Å². The Morgan fingerprint density at radius 1 is 1.12 bits per heavy atom. The van der Waals surface area contributed by atoms with Crippen molar-refractivity contribution in [2.45, 2.75) is 81.6 Å². The highest BCUT2D eigenvalue weighted by atomic mass is 32.2. The van der Waals surface area contributed by atoms with Gasteiger partial charge in [-0.3, -0.25) is 4.79 Å². The van der Waals surface area contributed by atoms with Crippen molar-refractivity contribution in [2.75, 3.05) is 11.1 Å². The molecule has 5 nitrogen and oxygen atoms in total. The standard InChI is InChI=1S/C18H30N4OS2/c1-12-7-6-10-15(13(12)2)20-16(23)11-24-18-22-21-17(25-18)19-14-8-4-3-5-9-14/h12-15H,3-11H2,1-2H3,(H,19,21)(H,20,23). The van der Waals surface area contributed by atoms with E-state index in [1.54, 1.807) is 11.3 Å². The minimum atomic E-state index is 0.118. The average molecular weight is 383 g/mol. The molecule has 0 spiro atoms. The molecular weight excluding hydrogens is 352 g/mol. The van der Waals surface area contributed by atoms with Gasteiger partial charge in [-0.1, -0.05) is 69.1 Å². The molecule has 1 aromatic heterocycles. The van der Waals surface area contributed by atoms with Crippen molar-refractivity contribution < 1.29 is 4.79 Å². The second kappa shape index (κ2) is 9.21. The summed E-state index contributed by atoms with van der Waals surface area (Å²) in [5, 5.41) is 16.1. The number of carbonyl (C=O) groups is 1. The van der Waals surface area contributed by atoms with Gasteiger partial charge < -0.3 is 10.6 Å². The van der Waals surface area contributed by atoms with Gasteiger partial charge in [0.2, 0.25) is 11.0 Å². The lowest BCUT2D eigenvalue weighted by atomic mass is 9.78. The fourth-order valence-corrected chi connectivity index (χ4v) is 5.55. The van der Waals surface area contributed by atoms with Gasteiger partial charge in [-0.15, -0.1) is 10.2 Å². The molecule has 1 heterocycles. The molecule has 0 aliphatic heterocycles. The summed E-state index contributed by atoms with van der Waals surface area (Å²) in [6, 6.07) is 0.868. The molecule has 1 aromatic rings. The number of aromatic nitrogens is 2. The van der Waals surface area contributed by atoms with Crippen molar-refractivity contribution in [3.05, 3.63) is 0 Å². The second-order valence-electron chi connectivity index (χ2n) is 7.58. The first-order valence-corrected chi connectivity index (χ1v) is 11.4. The third kappa shape index (κ3) is 5.58. The third-order valence-corrected chi connectivity index (χ3v) is 7.71. The highest BCUT2D eigenvalue weighted by molar-refractivity contribution is 8.01. The van der Waals surface area contributed by atoms with E-state index in [0.29, 0.717) is 29.7 Å². The summed E-state index contributed by atoms with van der Waals surface area (Å²) in [5.41, 5.74) is 0. The van der Waals surface area contributed by atoms with Gasteiger partial charge in [0.25, 0.3) is 0 Å². The van der Waals surface area contributed by atoms with Crippen LogP contribution in [-0.4, -0.2) is 33.9 Å². The fraction of sp³-hybridized carbons (Fsp3) is 0.833. The van der Waals surface area contributed by atoms with E-state index in [9.17, 15) is 4.79 Å². The number of amides is 1. The van der Waals surface area contributed by atoms with Crippen molar-refractivity contribution in [3.8, 4) is 0 Å². The topological polar surface area (TPSA) is 66.9 Å². The lowest BCUT2D eigenvalue weighted by molar-refractivity contribution is -0.119. The molecule has 0 radical (unpaired) electrons. The number of nitrogens with zero attached hydrogens (tertiary/aromatic N) is 2. The zero-order valence-corrected chi connectivity index (χ0v) is 16.9. The molecule has 0 aromatic carbocycles. The first kappa shape index (κ1) is 19.0. The zero-order valence-electron chi connectivity index (χ0n) is 15.3. The molecular formula is C18H30N4OS2. The molecule has 7 heteroatoms. The summed E-state index contributed by atoms with van der Waals surface area (Å²) in [4.78, 5) is 12.3. The van der Waals surface area contributed by atoms with Crippen LogP contribution in [0.4, 0.5) is 5.13 Å². The number of nitrogens with one attached hydrogen (secondary N) is 2. The monoisotopic (exact) mass is 382 g/mol. The van der Waals surface area contributed by atoms with Gasteiger partial charge in [-0.05, 0) is 31.1 Å². The van der Waals surface area contributed by atoms with Gasteiger partial charge in [-0.25, -0.2) is 0 Å². The van der Waals surface area contributed by atoms with Crippen LogP contribution >= 0.6 is 23.1 Å². The molecule has 3 atom stereocenters. The van der Waals surface area contributed by atoms with Crippen molar-refractivity contribution in [1.82, 2.24) is 15.5 Å². The van der Waals surface area contributed by atoms with E-state index in [-0.39, 0.29) is 5.91 Å². The number of carbonyl (C=O) groups excluding carboxylic acids is 1.